The molecule has 0 heterocycles. The van der Waals surface area contributed by atoms with E-state index in [0.717, 1.165) is 7.05 Å². The van der Waals surface area contributed by atoms with Gasteiger partial charge in [0.25, 0.3) is 6.43 Å². The molecule has 0 radical (unpaired) electrons. The Morgan fingerprint density at radius 1 is 1.57 bits per heavy atom. The van der Waals surface area contributed by atoms with Crippen LogP contribution in [-0.2, 0) is 9.63 Å². The van der Waals surface area contributed by atoms with Gasteiger partial charge in [-0.25, -0.2) is 23.9 Å². The molecule has 0 aromatic heterocycles. The second-order valence-corrected chi connectivity index (χ2v) is 2.36. The summed E-state index contributed by atoms with van der Waals surface area (Å²) in [6.07, 6.45) is -2.65. The molecule has 6 nitrogen and oxygen atoms in total. The summed E-state index contributed by atoms with van der Waals surface area (Å²) in [5.41, 5.74) is 1.69. The van der Waals surface area contributed by atoms with Crippen molar-refractivity contribution in [2.24, 2.45) is 0 Å². The van der Waals surface area contributed by atoms with Crippen molar-refractivity contribution in [2.75, 3.05) is 20.2 Å². The second kappa shape index (κ2) is 6.08. The van der Waals surface area contributed by atoms with Gasteiger partial charge in [-0.15, -0.1) is 0 Å². The third-order valence-electron chi connectivity index (χ3n) is 1.11. The zero-order chi connectivity index (χ0) is 11.1. The number of carboxylic acids is 1. The highest BCUT2D eigenvalue weighted by atomic mass is 19.3. The Hall–Kier alpha value is -1.44. The average Bonchev–Trinajstić information content (AvgIpc) is 2.01. The van der Waals surface area contributed by atoms with Crippen LogP contribution in [0.25, 0.3) is 0 Å². The van der Waals surface area contributed by atoms with Crippen molar-refractivity contribution in [1.29, 1.82) is 0 Å². The maximum absolute atomic E-state index is 11.7. The molecule has 14 heavy (non-hydrogen) atoms. The largest absolute Gasteiger partial charge is 0.479 e. The van der Waals surface area contributed by atoms with E-state index in [1.54, 1.807) is 5.48 Å². The molecule has 0 aliphatic heterocycles. The normalized spacial score (nSPS) is 10.0. The van der Waals surface area contributed by atoms with E-state index in [4.69, 9.17) is 5.11 Å². The number of alkyl halides is 2. The maximum atomic E-state index is 11.7. The molecule has 0 bridgehead atoms. The van der Waals surface area contributed by atoms with Crippen LogP contribution in [0, 0.1) is 0 Å². The van der Waals surface area contributed by atoms with E-state index in [9.17, 15) is 18.4 Å². The number of carbonyl (C=O) groups is 2. The van der Waals surface area contributed by atoms with Gasteiger partial charge in [0, 0.05) is 7.05 Å². The quantitative estimate of drug-likeness (QED) is 0.624. The summed E-state index contributed by atoms with van der Waals surface area (Å²) in [4.78, 5) is 25.6. The number of hydroxylamine groups is 1. The fourth-order valence-corrected chi connectivity index (χ4v) is 0.527. The van der Waals surface area contributed by atoms with E-state index in [2.05, 4.69) is 4.84 Å². The maximum Gasteiger partial charge on any atom is 0.341 e. The van der Waals surface area contributed by atoms with Crippen LogP contribution in [0.3, 0.4) is 0 Å². The van der Waals surface area contributed by atoms with Crippen molar-refractivity contribution < 1.29 is 28.3 Å². The number of halogens is 2. The molecule has 0 saturated heterocycles. The summed E-state index contributed by atoms with van der Waals surface area (Å²) in [6.45, 7) is -1.48. The lowest BCUT2D eigenvalue weighted by Crippen LogP contribution is -2.40. The smallest absolute Gasteiger partial charge is 0.341 e. The molecule has 0 unspecified atom stereocenters. The van der Waals surface area contributed by atoms with Gasteiger partial charge in [-0.05, 0) is 0 Å². The zero-order valence-electron chi connectivity index (χ0n) is 7.37. The van der Waals surface area contributed by atoms with E-state index < -0.39 is 31.6 Å². The minimum atomic E-state index is -2.65. The van der Waals surface area contributed by atoms with Gasteiger partial charge in [0.05, 0.1) is 6.54 Å². The number of nitrogens with zero attached hydrogens (tertiary/aromatic N) is 1. The number of amides is 2. The minimum Gasteiger partial charge on any atom is -0.479 e. The number of urea groups is 1. The number of hydrogen-bond donors (Lipinski definition) is 2. The fourth-order valence-electron chi connectivity index (χ4n) is 0.527. The zero-order valence-corrected chi connectivity index (χ0v) is 7.37. The van der Waals surface area contributed by atoms with Gasteiger partial charge in [0.1, 0.15) is 0 Å². The fraction of sp³-hybridized carbons (Fsp3) is 0.667. The molecule has 0 spiro atoms. The second-order valence-electron chi connectivity index (χ2n) is 2.36. The standard InChI is InChI=1S/C6H10F2N2O4/c1-10(2-4(7)8)6(13)9-14-3-5(11)12/h4H,2-3H2,1H3,(H,9,13)(H,11,12). The Morgan fingerprint density at radius 3 is 2.57 bits per heavy atom. The molecule has 0 fully saturated rings. The van der Waals surface area contributed by atoms with Crippen LogP contribution in [0.15, 0.2) is 0 Å². The molecule has 0 saturated carbocycles. The third-order valence-corrected chi connectivity index (χ3v) is 1.11. The van der Waals surface area contributed by atoms with Crippen LogP contribution in [0.5, 0.6) is 0 Å². The predicted octanol–water partition coefficient (Wildman–Crippen LogP) is -0.0909. The monoisotopic (exact) mass is 212 g/mol. The van der Waals surface area contributed by atoms with Crippen molar-refractivity contribution >= 4 is 12.0 Å². The Labute approximate surface area is 78.4 Å². The Bertz CT molecular complexity index is 212. The Balaban J connectivity index is 3.67. The predicted molar refractivity (Wildman–Crippen MR) is 40.8 cm³/mol. The van der Waals surface area contributed by atoms with Crippen molar-refractivity contribution in [3.63, 3.8) is 0 Å². The minimum absolute atomic E-state index is 0.673. The van der Waals surface area contributed by atoms with Gasteiger partial charge >= 0.3 is 12.0 Å². The van der Waals surface area contributed by atoms with Crippen molar-refractivity contribution in [3.05, 3.63) is 0 Å². The highest BCUT2D eigenvalue weighted by Gasteiger charge is 2.13. The topological polar surface area (TPSA) is 78.9 Å². The van der Waals surface area contributed by atoms with E-state index in [0.29, 0.717) is 4.90 Å². The number of carbonyl (C=O) groups excluding carboxylic acids is 1. The summed E-state index contributed by atoms with van der Waals surface area (Å²) in [6, 6.07) is -0.924. The molecule has 2 amide bonds. The van der Waals surface area contributed by atoms with Crippen LogP contribution in [-0.4, -0.2) is 48.6 Å². The van der Waals surface area contributed by atoms with Crippen LogP contribution in [0.2, 0.25) is 0 Å². The molecule has 0 aliphatic carbocycles. The van der Waals surface area contributed by atoms with Crippen molar-refractivity contribution in [1.82, 2.24) is 10.4 Å². The first-order valence-corrected chi connectivity index (χ1v) is 3.56. The van der Waals surface area contributed by atoms with Crippen LogP contribution >= 0.6 is 0 Å². The molecule has 8 heteroatoms. The van der Waals surface area contributed by atoms with E-state index in [1.165, 1.54) is 0 Å². The first-order chi connectivity index (χ1) is 6.43. The molecule has 2 N–H and O–H groups in total. The Morgan fingerprint density at radius 2 is 2.14 bits per heavy atom. The molecule has 0 aliphatic rings. The molecule has 0 aromatic rings. The summed E-state index contributed by atoms with van der Waals surface area (Å²) >= 11 is 0. The van der Waals surface area contributed by atoms with Gasteiger partial charge in [-0.1, -0.05) is 0 Å². The molecule has 0 aromatic carbocycles. The first-order valence-electron chi connectivity index (χ1n) is 3.56. The van der Waals surface area contributed by atoms with Gasteiger partial charge in [-0.2, -0.15) is 0 Å². The number of hydrogen-bond acceptors (Lipinski definition) is 3. The first kappa shape index (κ1) is 12.6. The number of nitrogens with one attached hydrogen (secondary N) is 1. The summed E-state index contributed by atoms with van der Waals surface area (Å²) in [5, 5.41) is 8.10. The summed E-state index contributed by atoms with van der Waals surface area (Å²) < 4.78 is 23.5. The van der Waals surface area contributed by atoms with E-state index in [-0.39, 0.29) is 0 Å². The van der Waals surface area contributed by atoms with Crippen LogP contribution in [0.1, 0.15) is 0 Å². The molecule has 82 valence electrons. The molecular formula is C6H10F2N2O4. The number of carboxylic acid groups (broad SMARTS) is 1. The molecule has 0 atom stereocenters. The lowest BCUT2D eigenvalue weighted by molar-refractivity contribution is -0.144. The molecular weight excluding hydrogens is 202 g/mol. The number of rotatable bonds is 5. The van der Waals surface area contributed by atoms with Gasteiger partial charge in [-0.3, -0.25) is 4.84 Å². The van der Waals surface area contributed by atoms with Gasteiger partial charge in [0.15, 0.2) is 6.61 Å². The average molecular weight is 212 g/mol. The van der Waals surface area contributed by atoms with Crippen molar-refractivity contribution in [2.45, 2.75) is 6.43 Å². The third kappa shape index (κ3) is 6.12. The van der Waals surface area contributed by atoms with E-state index >= 15 is 0 Å². The highest BCUT2D eigenvalue weighted by molar-refractivity contribution is 5.73. The summed E-state index contributed by atoms with van der Waals surface area (Å²) in [7, 11) is 1.13. The highest BCUT2D eigenvalue weighted by Crippen LogP contribution is 1.95. The number of aliphatic carboxylic acids is 1. The van der Waals surface area contributed by atoms with Crippen molar-refractivity contribution in [3.8, 4) is 0 Å². The lowest BCUT2D eigenvalue weighted by Gasteiger charge is -2.16. The van der Waals surface area contributed by atoms with Crippen LogP contribution < -0.4 is 5.48 Å². The van der Waals surface area contributed by atoms with Gasteiger partial charge < -0.3 is 10.0 Å². The van der Waals surface area contributed by atoms with Gasteiger partial charge in [0.2, 0.25) is 0 Å². The van der Waals surface area contributed by atoms with E-state index in [1.807, 2.05) is 0 Å². The molecule has 0 rings (SSSR count). The lowest BCUT2D eigenvalue weighted by atomic mass is 10.6. The SMILES string of the molecule is CN(CC(F)F)C(=O)NOCC(=O)O. The summed E-state index contributed by atoms with van der Waals surface area (Å²) in [5.74, 6) is -1.28. The Kier molecular flexibility index (Phi) is 5.46. The van der Waals surface area contributed by atoms with Crippen LogP contribution in [0.4, 0.5) is 13.6 Å².